The highest BCUT2D eigenvalue weighted by Gasteiger charge is 2.45. The van der Waals surface area contributed by atoms with Crippen molar-refractivity contribution in [2.45, 2.75) is 18.6 Å². The van der Waals surface area contributed by atoms with Gasteiger partial charge in [0.15, 0.2) is 10.3 Å². The lowest BCUT2D eigenvalue weighted by Crippen LogP contribution is -2.44. The van der Waals surface area contributed by atoms with E-state index in [1.54, 1.807) is 14.1 Å². The lowest BCUT2D eigenvalue weighted by atomic mass is 10.2. The van der Waals surface area contributed by atoms with E-state index < -0.39 is 4.75 Å². The minimum atomic E-state index is -0.476. The van der Waals surface area contributed by atoms with Crippen LogP contribution >= 0.6 is 24.0 Å². The van der Waals surface area contributed by atoms with E-state index in [1.807, 2.05) is 13.8 Å². The molecule has 0 bridgehead atoms. The van der Waals surface area contributed by atoms with Gasteiger partial charge in [0, 0.05) is 14.1 Å². The Morgan fingerprint density at radius 1 is 1.64 bits per heavy atom. The van der Waals surface area contributed by atoms with Crippen molar-refractivity contribution >= 4 is 40.2 Å². The molecule has 0 spiro atoms. The summed E-state index contributed by atoms with van der Waals surface area (Å²) in [5.74, 6) is -0.0255. The van der Waals surface area contributed by atoms with Crippen LogP contribution in [0.5, 0.6) is 0 Å². The maximum atomic E-state index is 11.9. The minimum absolute atomic E-state index is 0.0255. The normalized spacial score (nSPS) is 23.0. The van der Waals surface area contributed by atoms with Gasteiger partial charge in [0.2, 0.25) is 0 Å². The largest absolute Gasteiger partial charge is 0.365 e. The molecular formula is C8H13N3OS2. The summed E-state index contributed by atoms with van der Waals surface area (Å²) in [6, 6.07) is 0. The quantitative estimate of drug-likeness (QED) is 0.627. The highest BCUT2D eigenvalue weighted by atomic mass is 32.2. The highest BCUT2D eigenvalue weighted by molar-refractivity contribution is 8.16. The molecule has 1 aliphatic heterocycles. The van der Waals surface area contributed by atoms with Crippen LogP contribution in [0.4, 0.5) is 0 Å². The smallest absolute Gasteiger partial charge is 0.251 e. The number of amidine groups is 1. The summed E-state index contributed by atoms with van der Waals surface area (Å²) in [5, 5.41) is 3.83. The van der Waals surface area contributed by atoms with Gasteiger partial charge in [-0.1, -0.05) is 11.8 Å². The number of carbonyl (C=O) groups is 1. The van der Waals surface area contributed by atoms with E-state index in [4.69, 9.17) is 12.2 Å². The summed E-state index contributed by atoms with van der Waals surface area (Å²) in [7, 11) is 3.35. The van der Waals surface area contributed by atoms with Crippen LogP contribution in [0.1, 0.15) is 13.8 Å². The molecule has 1 saturated heterocycles. The lowest BCUT2D eigenvalue weighted by Gasteiger charge is -2.17. The van der Waals surface area contributed by atoms with Crippen LogP contribution in [0.15, 0.2) is 4.99 Å². The third kappa shape index (κ3) is 1.76. The second-order valence-corrected chi connectivity index (χ2v) is 5.29. The molecule has 0 unspecified atom stereocenters. The molecule has 1 amide bonds. The number of nitrogens with one attached hydrogen (secondary N) is 1. The van der Waals surface area contributed by atoms with Gasteiger partial charge in [0.05, 0.1) is 4.75 Å². The molecule has 6 heteroatoms. The van der Waals surface area contributed by atoms with Crippen LogP contribution in [-0.4, -0.2) is 39.9 Å². The summed E-state index contributed by atoms with van der Waals surface area (Å²) in [6.45, 7) is 3.73. The zero-order valence-corrected chi connectivity index (χ0v) is 10.3. The summed E-state index contributed by atoms with van der Waals surface area (Å²) < 4.78 is -0.476. The van der Waals surface area contributed by atoms with Crippen molar-refractivity contribution in [2.75, 3.05) is 14.1 Å². The third-order valence-electron chi connectivity index (χ3n) is 1.86. The fourth-order valence-corrected chi connectivity index (χ4v) is 2.33. The molecule has 0 saturated carbocycles. The molecule has 1 fully saturated rings. The van der Waals surface area contributed by atoms with E-state index in [9.17, 15) is 4.79 Å². The zero-order valence-electron chi connectivity index (χ0n) is 8.62. The first-order valence-electron chi connectivity index (χ1n) is 4.16. The summed E-state index contributed by atoms with van der Waals surface area (Å²) in [6.07, 6.45) is 0. The fraction of sp³-hybridized carbons (Fsp3) is 0.625. The first kappa shape index (κ1) is 11.5. The molecular weight excluding hydrogens is 218 g/mol. The summed E-state index contributed by atoms with van der Waals surface area (Å²) in [4.78, 5) is 17.4. The van der Waals surface area contributed by atoms with E-state index in [0.717, 1.165) is 0 Å². The monoisotopic (exact) mass is 231 g/mol. The topological polar surface area (TPSA) is 44.7 Å². The molecule has 0 aromatic rings. The molecule has 1 rings (SSSR count). The Bertz CT molecular complexity index is 312. The molecule has 0 radical (unpaired) electrons. The Hall–Kier alpha value is -0.620. The molecule has 14 heavy (non-hydrogen) atoms. The molecule has 4 nitrogen and oxygen atoms in total. The van der Waals surface area contributed by atoms with E-state index in [-0.39, 0.29) is 5.91 Å². The standard InChI is InChI=1S/C8H13N3OS2/c1-8(2)5(12)11(6(13)9-3)7(10-4)14-8/h1-4H3,(H,9,13). The van der Waals surface area contributed by atoms with Crippen LogP contribution < -0.4 is 5.32 Å². The molecule has 0 aliphatic carbocycles. The number of aliphatic imine (C=N–C) groups is 1. The Labute approximate surface area is 93.1 Å². The van der Waals surface area contributed by atoms with Gasteiger partial charge >= 0.3 is 0 Å². The molecule has 1 aliphatic rings. The van der Waals surface area contributed by atoms with Crippen molar-refractivity contribution in [3.8, 4) is 0 Å². The summed E-state index contributed by atoms with van der Waals surface area (Å²) in [5.41, 5.74) is 0. The van der Waals surface area contributed by atoms with Gasteiger partial charge in [-0.2, -0.15) is 0 Å². The second-order valence-electron chi connectivity index (χ2n) is 3.31. The van der Waals surface area contributed by atoms with Gasteiger partial charge in [0.1, 0.15) is 0 Å². The van der Waals surface area contributed by atoms with E-state index in [1.165, 1.54) is 16.7 Å². The van der Waals surface area contributed by atoms with E-state index in [0.29, 0.717) is 10.3 Å². The molecule has 1 N–H and O–H groups in total. The van der Waals surface area contributed by atoms with Gasteiger partial charge < -0.3 is 5.32 Å². The van der Waals surface area contributed by atoms with Crippen LogP contribution in [-0.2, 0) is 4.79 Å². The van der Waals surface area contributed by atoms with Crippen molar-refractivity contribution in [1.29, 1.82) is 0 Å². The predicted octanol–water partition coefficient (Wildman–Crippen LogP) is 0.831. The van der Waals surface area contributed by atoms with Gasteiger partial charge in [-0.15, -0.1) is 0 Å². The van der Waals surface area contributed by atoms with Crippen molar-refractivity contribution in [3.05, 3.63) is 0 Å². The Kier molecular flexibility index (Phi) is 3.16. The number of carbonyl (C=O) groups excluding carboxylic acids is 1. The number of hydrogen-bond acceptors (Lipinski definition) is 4. The molecule has 0 aromatic carbocycles. The number of hydrogen-bond donors (Lipinski definition) is 1. The number of thioether (sulfide) groups is 1. The average molecular weight is 231 g/mol. The first-order valence-corrected chi connectivity index (χ1v) is 5.38. The van der Waals surface area contributed by atoms with E-state index >= 15 is 0 Å². The van der Waals surface area contributed by atoms with Crippen LogP contribution in [0.3, 0.4) is 0 Å². The van der Waals surface area contributed by atoms with Crippen molar-refractivity contribution in [2.24, 2.45) is 4.99 Å². The predicted molar refractivity (Wildman–Crippen MR) is 63.5 cm³/mol. The molecule has 0 atom stereocenters. The number of thiocarbonyl (C=S) groups is 1. The fourth-order valence-electron chi connectivity index (χ4n) is 1.11. The van der Waals surface area contributed by atoms with Crippen LogP contribution in [0.2, 0.25) is 0 Å². The van der Waals surface area contributed by atoms with Gasteiger partial charge in [-0.25, -0.2) is 4.90 Å². The zero-order chi connectivity index (χ0) is 10.9. The Balaban J connectivity index is 3.05. The molecule has 1 heterocycles. The maximum Gasteiger partial charge on any atom is 0.251 e. The number of rotatable bonds is 0. The second kappa shape index (κ2) is 3.86. The first-order chi connectivity index (χ1) is 6.44. The van der Waals surface area contributed by atoms with Crippen molar-refractivity contribution < 1.29 is 4.79 Å². The molecule has 78 valence electrons. The van der Waals surface area contributed by atoms with Crippen molar-refractivity contribution in [1.82, 2.24) is 10.2 Å². The average Bonchev–Trinajstić information content (AvgIpc) is 2.37. The van der Waals surface area contributed by atoms with Crippen LogP contribution in [0.25, 0.3) is 0 Å². The third-order valence-corrected chi connectivity index (χ3v) is 3.48. The Morgan fingerprint density at radius 2 is 2.21 bits per heavy atom. The summed E-state index contributed by atoms with van der Waals surface area (Å²) >= 11 is 6.46. The SMILES string of the molecule is CN=C1SC(C)(C)C(=O)N1C(=S)NC. The Morgan fingerprint density at radius 3 is 2.64 bits per heavy atom. The maximum absolute atomic E-state index is 11.9. The highest BCUT2D eigenvalue weighted by Crippen LogP contribution is 2.36. The van der Waals surface area contributed by atoms with Crippen molar-refractivity contribution in [3.63, 3.8) is 0 Å². The van der Waals surface area contributed by atoms with Gasteiger partial charge in [-0.05, 0) is 26.1 Å². The lowest BCUT2D eigenvalue weighted by molar-refractivity contribution is -0.125. The number of amides is 1. The van der Waals surface area contributed by atoms with Gasteiger partial charge in [0.25, 0.3) is 5.91 Å². The van der Waals surface area contributed by atoms with E-state index in [2.05, 4.69) is 10.3 Å². The minimum Gasteiger partial charge on any atom is -0.365 e. The molecule has 0 aromatic heterocycles. The number of nitrogens with zero attached hydrogens (tertiary/aromatic N) is 2. The van der Waals surface area contributed by atoms with Crippen LogP contribution in [0, 0.1) is 0 Å². The van der Waals surface area contributed by atoms with Gasteiger partial charge in [-0.3, -0.25) is 9.79 Å².